The van der Waals surface area contributed by atoms with Crippen LogP contribution in [0.4, 0.5) is 19.0 Å². The van der Waals surface area contributed by atoms with Crippen LogP contribution in [0.5, 0.6) is 5.75 Å². The average Bonchev–Trinajstić information content (AvgIpc) is 2.76. The first-order valence-corrected chi connectivity index (χ1v) is 6.46. The molecule has 0 saturated carbocycles. The van der Waals surface area contributed by atoms with Crippen molar-refractivity contribution in [1.82, 2.24) is 9.78 Å². The number of rotatable bonds is 2. The molecule has 1 aromatic heterocycles. The van der Waals surface area contributed by atoms with E-state index >= 15 is 0 Å². The Kier molecular flexibility index (Phi) is 4.33. The monoisotopic (exact) mass is 370 g/mol. The van der Waals surface area contributed by atoms with Gasteiger partial charge in [-0.05, 0) is 0 Å². The number of benzene rings is 1. The van der Waals surface area contributed by atoms with Crippen LogP contribution in [0.25, 0.3) is 5.69 Å². The highest BCUT2D eigenvalue weighted by atomic mass is 35.5. The molecule has 5 nitrogen and oxygen atoms in total. The van der Waals surface area contributed by atoms with Crippen LogP contribution in [0.15, 0.2) is 12.3 Å². The normalized spacial score (nSPS) is 11.3. The number of anilines is 1. The largest absolute Gasteiger partial charge is 0.573 e. The summed E-state index contributed by atoms with van der Waals surface area (Å²) in [5.74, 6) is -0.856. The molecule has 0 atom stereocenters. The van der Waals surface area contributed by atoms with Crippen molar-refractivity contribution in [3.63, 3.8) is 0 Å². The lowest BCUT2D eigenvalue weighted by molar-refractivity contribution is -0.274. The van der Waals surface area contributed by atoms with Crippen molar-refractivity contribution in [3.05, 3.63) is 32.9 Å². The molecular formula is C11H4Cl3F3N4O. The van der Waals surface area contributed by atoms with Gasteiger partial charge in [0.15, 0.2) is 5.75 Å². The van der Waals surface area contributed by atoms with E-state index in [-0.39, 0.29) is 27.1 Å². The minimum absolute atomic E-state index is 0.0406. The summed E-state index contributed by atoms with van der Waals surface area (Å²) in [6.45, 7) is 0. The summed E-state index contributed by atoms with van der Waals surface area (Å²) < 4.78 is 41.6. The van der Waals surface area contributed by atoms with Gasteiger partial charge in [-0.3, -0.25) is 0 Å². The molecule has 0 bridgehead atoms. The first-order valence-electron chi connectivity index (χ1n) is 5.33. The van der Waals surface area contributed by atoms with Crippen LogP contribution in [0.3, 0.4) is 0 Å². The van der Waals surface area contributed by atoms with E-state index in [4.69, 9.17) is 45.8 Å². The predicted molar refractivity (Wildman–Crippen MR) is 74.4 cm³/mol. The highest BCUT2D eigenvalue weighted by Gasteiger charge is 2.33. The fraction of sp³-hybridized carbons (Fsp3) is 0.0909. The minimum atomic E-state index is -4.96. The number of nitrogens with two attached hydrogens (primary N) is 1. The minimum Gasteiger partial charge on any atom is -0.404 e. The standard InChI is InChI=1S/C11H4Cl3F3N4O/c12-5-1-6(22-11(15,16)17)7(13)8(14)9(5)21-10(19)4(2-18)3-20-21/h1,3H,19H2. The summed E-state index contributed by atoms with van der Waals surface area (Å²) in [7, 11) is 0. The first-order chi connectivity index (χ1) is 10.2. The molecule has 0 aliphatic rings. The van der Waals surface area contributed by atoms with Gasteiger partial charge in [-0.2, -0.15) is 10.4 Å². The van der Waals surface area contributed by atoms with E-state index in [1.165, 1.54) is 0 Å². The van der Waals surface area contributed by atoms with Gasteiger partial charge in [-0.1, -0.05) is 34.8 Å². The highest BCUT2D eigenvalue weighted by molar-refractivity contribution is 6.46. The molecule has 2 aromatic rings. The lowest BCUT2D eigenvalue weighted by atomic mass is 10.3. The number of nitrogens with zero attached hydrogens (tertiary/aromatic N) is 3. The van der Waals surface area contributed by atoms with E-state index in [1.54, 1.807) is 6.07 Å². The van der Waals surface area contributed by atoms with Gasteiger partial charge in [0.05, 0.1) is 16.2 Å². The van der Waals surface area contributed by atoms with Crippen molar-refractivity contribution in [1.29, 1.82) is 5.26 Å². The zero-order valence-electron chi connectivity index (χ0n) is 10.2. The summed E-state index contributed by atoms with van der Waals surface area (Å²) in [5.41, 5.74) is 5.65. The number of nitrogen functional groups attached to an aromatic ring is 1. The van der Waals surface area contributed by atoms with Crippen LogP contribution in [0.2, 0.25) is 15.1 Å². The zero-order chi connectivity index (χ0) is 16.7. The molecular weight excluding hydrogens is 368 g/mol. The second-order valence-electron chi connectivity index (χ2n) is 3.85. The second kappa shape index (κ2) is 5.76. The molecule has 11 heteroatoms. The summed E-state index contributed by atoms with van der Waals surface area (Å²) >= 11 is 17.6. The van der Waals surface area contributed by atoms with Gasteiger partial charge in [-0.15, -0.1) is 13.2 Å². The molecule has 0 fully saturated rings. The molecule has 1 heterocycles. The van der Waals surface area contributed by atoms with E-state index in [9.17, 15) is 13.2 Å². The fourth-order valence-electron chi connectivity index (χ4n) is 1.58. The number of ether oxygens (including phenoxy) is 1. The van der Waals surface area contributed by atoms with Gasteiger partial charge in [0, 0.05) is 6.07 Å². The van der Waals surface area contributed by atoms with Crippen molar-refractivity contribution >= 4 is 40.6 Å². The van der Waals surface area contributed by atoms with Gasteiger partial charge in [0.25, 0.3) is 0 Å². The lowest BCUT2D eigenvalue weighted by Gasteiger charge is -2.15. The lowest BCUT2D eigenvalue weighted by Crippen LogP contribution is -2.17. The molecule has 116 valence electrons. The number of hydrogen-bond donors (Lipinski definition) is 1. The molecule has 0 amide bonds. The molecule has 2 rings (SSSR count). The number of aromatic nitrogens is 2. The Morgan fingerprint density at radius 3 is 2.41 bits per heavy atom. The topological polar surface area (TPSA) is 76.9 Å². The Balaban J connectivity index is 2.62. The van der Waals surface area contributed by atoms with Crippen LogP contribution < -0.4 is 10.5 Å². The van der Waals surface area contributed by atoms with Crippen molar-refractivity contribution in [3.8, 4) is 17.5 Å². The van der Waals surface area contributed by atoms with Crippen molar-refractivity contribution in [2.75, 3.05) is 5.73 Å². The average molecular weight is 372 g/mol. The van der Waals surface area contributed by atoms with E-state index in [1.807, 2.05) is 0 Å². The van der Waals surface area contributed by atoms with Crippen LogP contribution >= 0.6 is 34.8 Å². The SMILES string of the molecule is N#Cc1cnn(-c2c(Cl)cc(OC(F)(F)F)c(Cl)c2Cl)c1N. The molecule has 0 saturated heterocycles. The summed E-state index contributed by atoms with van der Waals surface area (Å²) in [6.07, 6.45) is -3.81. The first kappa shape index (κ1) is 16.5. The fourth-order valence-corrected chi connectivity index (χ4v) is 2.36. The zero-order valence-corrected chi connectivity index (χ0v) is 12.5. The Hall–Kier alpha value is -1.82. The number of hydrogen-bond acceptors (Lipinski definition) is 4. The second-order valence-corrected chi connectivity index (χ2v) is 5.01. The molecule has 2 N–H and O–H groups in total. The Bertz CT molecular complexity index is 782. The molecule has 0 spiro atoms. The van der Waals surface area contributed by atoms with Crippen LogP contribution in [-0.4, -0.2) is 16.1 Å². The number of nitriles is 1. The van der Waals surface area contributed by atoms with Crippen molar-refractivity contribution in [2.45, 2.75) is 6.36 Å². The molecule has 0 radical (unpaired) electrons. The molecule has 22 heavy (non-hydrogen) atoms. The summed E-state index contributed by atoms with van der Waals surface area (Å²) in [5, 5.41) is 11.5. The van der Waals surface area contributed by atoms with E-state index in [0.717, 1.165) is 16.9 Å². The van der Waals surface area contributed by atoms with Crippen molar-refractivity contribution in [2.24, 2.45) is 0 Å². The summed E-state index contributed by atoms with van der Waals surface area (Å²) in [4.78, 5) is 0. The number of alkyl halides is 3. The van der Waals surface area contributed by atoms with Gasteiger partial charge in [0.1, 0.15) is 28.2 Å². The smallest absolute Gasteiger partial charge is 0.404 e. The maximum Gasteiger partial charge on any atom is 0.573 e. The van der Waals surface area contributed by atoms with Gasteiger partial charge < -0.3 is 10.5 Å². The van der Waals surface area contributed by atoms with Gasteiger partial charge in [0.2, 0.25) is 0 Å². The molecule has 0 unspecified atom stereocenters. The van der Waals surface area contributed by atoms with Gasteiger partial charge >= 0.3 is 6.36 Å². The molecule has 0 aliphatic carbocycles. The Morgan fingerprint density at radius 2 is 1.91 bits per heavy atom. The quantitative estimate of drug-likeness (QED) is 0.803. The summed E-state index contributed by atoms with van der Waals surface area (Å²) in [6, 6.07) is 2.61. The predicted octanol–water partition coefficient (Wildman–Crippen LogP) is 4.18. The van der Waals surface area contributed by atoms with E-state index in [0.29, 0.717) is 0 Å². The highest BCUT2D eigenvalue weighted by Crippen LogP contribution is 2.43. The van der Waals surface area contributed by atoms with Crippen LogP contribution in [0.1, 0.15) is 5.56 Å². The van der Waals surface area contributed by atoms with Gasteiger partial charge in [-0.25, -0.2) is 4.68 Å². The maximum atomic E-state index is 12.3. The number of halogens is 6. The third-order valence-corrected chi connectivity index (χ3v) is 3.59. The van der Waals surface area contributed by atoms with E-state index < -0.39 is 17.1 Å². The van der Waals surface area contributed by atoms with E-state index in [2.05, 4.69) is 9.84 Å². The molecule has 1 aromatic carbocycles. The molecule has 0 aliphatic heterocycles. The van der Waals surface area contributed by atoms with Crippen LogP contribution in [0, 0.1) is 11.3 Å². The maximum absolute atomic E-state index is 12.3. The van der Waals surface area contributed by atoms with Crippen LogP contribution in [-0.2, 0) is 0 Å². The third-order valence-electron chi connectivity index (χ3n) is 2.47. The third kappa shape index (κ3) is 3.02. The Morgan fingerprint density at radius 1 is 1.27 bits per heavy atom. The Labute approximate surface area is 136 Å². The van der Waals surface area contributed by atoms with Crippen molar-refractivity contribution < 1.29 is 17.9 Å².